The lowest BCUT2D eigenvalue weighted by atomic mass is 9.98. The zero-order chi connectivity index (χ0) is 18.4. The van der Waals surface area contributed by atoms with Crippen LogP contribution in [-0.2, 0) is 14.3 Å². The number of carbonyl (C=O) groups excluding carboxylic acids is 2. The van der Waals surface area contributed by atoms with E-state index in [1.807, 2.05) is 0 Å². The third-order valence-corrected chi connectivity index (χ3v) is 4.05. The third kappa shape index (κ3) is 4.40. The van der Waals surface area contributed by atoms with E-state index in [0.29, 0.717) is 30.0 Å². The highest BCUT2D eigenvalue weighted by Gasteiger charge is 2.37. The fraction of sp³-hybridized carbons (Fsp3) is 0.529. The van der Waals surface area contributed by atoms with E-state index in [9.17, 15) is 9.59 Å². The average Bonchev–Trinajstić information content (AvgIpc) is 2.64. The molecule has 25 heavy (non-hydrogen) atoms. The van der Waals surface area contributed by atoms with Crippen LogP contribution in [0.25, 0.3) is 0 Å². The largest absolute Gasteiger partial charge is 0.493 e. The standard InChI is InChI=1S/C17H24N2O6/c1-19(7-4-8-20)17(22)16-15(18-14(21)10-25-16)11-5-6-12(23-2)13(9-11)24-3/h5-6,9,15-16,20H,4,7-8,10H2,1-3H3,(H,18,21)/t15-,16+/m1/s1. The number of likely N-dealkylation sites (N-methyl/N-ethyl adjacent to an activating group) is 1. The Hall–Kier alpha value is -2.32. The van der Waals surface area contributed by atoms with Crippen LogP contribution in [0.3, 0.4) is 0 Å². The first-order chi connectivity index (χ1) is 12.0. The van der Waals surface area contributed by atoms with Crippen LogP contribution in [0, 0.1) is 0 Å². The van der Waals surface area contributed by atoms with Crippen LogP contribution in [0.5, 0.6) is 11.5 Å². The predicted octanol–water partition coefficient (Wildman–Crippen LogP) is 0.101. The van der Waals surface area contributed by atoms with E-state index in [0.717, 1.165) is 0 Å². The minimum atomic E-state index is -0.848. The number of nitrogens with zero attached hydrogens (tertiary/aromatic N) is 1. The lowest BCUT2D eigenvalue weighted by Gasteiger charge is -2.34. The molecule has 8 heteroatoms. The first-order valence-electron chi connectivity index (χ1n) is 8.00. The molecule has 0 aromatic heterocycles. The quantitative estimate of drug-likeness (QED) is 0.722. The van der Waals surface area contributed by atoms with Gasteiger partial charge in [0, 0.05) is 20.2 Å². The Morgan fingerprint density at radius 2 is 2.08 bits per heavy atom. The van der Waals surface area contributed by atoms with E-state index >= 15 is 0 Å². The molecular weight excluding hydrogens is 328 g/mol. The molecule has 0 unspecified atom stereocenters. The Labute approximate surface area is 146 Å². The average molecular weight is 352 g/mol. The summed E-state index contributed by atoms with van der Waals surface area (Å²) in [6.07, 6.45) is -0.373. The van der Waals surface area contributed by atoms with Crippen molar-refractivity contribution in [2.24, 2.45) is 0 Å². The molecule has 2 rings (SSSR count). The molecular formula is C17H24N2O6. The number of amides is 2. The summed E-state index contributed by atoms with van der Waals surface area (Å²) < 4.78 is 16.0. The molecule has 1 aliphatic heterocycles. The highest BCUT2D eigenvalue weighted by Crippen LogP contribution is 2.32. The number of ether oxygens (including phenoxy) is 3. The van der Waals surface area contributed by atoms with E-state index in [1.165, 1.54) is 19.1 Å². The van der Waals surface area contributed by atoms with Crippen molar-refractivity contribution in [3.8, 4) is 11.5 Å². The maximum Gasteiger partial charge on any atom is 0.253 e. The van der Waals surface area contributed by atoms with Crippen molar-refractivity contribution < 1.29 is 28.9 Å². The molecule has 138 valence electrons. The maximum absolute atomic E-state index is 12.7. The Balaban J connectivity index is 2.27. The maximum atomic E-state index is 12.7. The highest BCUT2D eigenvalue weighted by molar-refractivity contribution is 5.86. The number of rotatable bonds is 7. The van der Waals surface area contributed by atoms with Gasteiger partial charge in [-0.25, -0.2) is 0 Å². The van der Waals surface area contributed by atoms with Gasteiger partial charge in [-0.15, -0.1) is 0 Å². The van der Waals surface area contributed by atoms with E-state index in [2.05, 4.69) is 5.32 Å². The zero-order valence-corrected chi connectivity index (χ0v) is 14.7. The van der Waals surface area contributed by atoms with Crippen molar-refractivity contribution in [2.45, 2.75) is 18.6 Å². The van der Waals surface area contributed by atoms with E-state index < -0.39 is 12.1 Å². The summed E-state index contributed by atoms with van der Waals surface area (Å²) in [5.74, 6) is 0.506. The van der Waals surface area contributed by atoms with Gasteiger partial charge in [0.05, 0.1) is 20.3 Å². The molecule has 1 aromatic rings. The molecule has 2 atom stereocenters. The molecule has 1 aliphatic rings. The molecule has 1 heterocycles. The molecule has 1 fully saturated rings. The Kier molecular flexibility index (Phi) is 6.60. The number of morpholine rings is 1. The number of hydrogen-bond donors (Lipinski definition) is 2. The molecule has 1 saturated heterocycles. The number of aliphatic hydroxyl groups excluding tert-OH is 1. The Morgan fingerprint density at radius 1 is 1.36 bits per heavy atom. The van der Waals surface area contributed by atoms with Crippen LogP contribution in [0.4, 0.5) is 0 Å². The lowest BCUT2D eigenvalue weighted by Crippen LogP contribution is -2.52. The van der Waals surface area contributed by atoms with Gasteiger partial charge in [-0.1, -0.05) is 6.07 Å². The number of nitrogens with one attached hydrogen (secondary N) is 1. The number of aliphatic hydroxyl groups is 1. The highest BCUT2D eigenvalue weighted by atomic mass is 16.5. The summed E-state index contributed by atoms with van der Waals surface area (Å²) in [4.78, 5) is 26.0. The van der Waals surface area contributed by atoms with Gasteiger partial charge in [0.15, 0.2) is 17.6 Å². The van der Waals surface area contributed by atoms with Crippen molar-refractivity contribution in [2.75, 3.05) is 41.0 Å². The summed E-state index contributed by atoms with van der Waals surface area (Å²) in [5.41, 5.74) is 0.680. The predicted molar refractivity (Wildman–Crippen MR) is 89.5 cm³/mol. The van der Waals surface area contributed by atoms with Crippen LogP contribution in [0.2, 0.25) is 0 Å². The molecule has 1 aromatic carbocycles. The van der Waals surface area contributed by atoms with Gasteiger partial charge in [0.1, 0.15) is 6.61 Å². The second kappa shape index (κ2) is 8.68. The van der Waals surface area contributed by atoms with Crippen molar-refractivity contribution in [1.82, 2.24) is 10.2 Å². The molecule has 2 amide bonds. The number of benzene rings is 1. The second-order valence-electron chi connectivity index (χ2n) is 5.73. The summed E-state index contributed by atoms with van der Waals surface area (Å²) in [7, 11) is 4.69. The van der Waals surface area contributed by atoms with Gasteiger partial charge in [0.2, 0.25) is 5.91 Å². The summed E-state index contributed by atoms with van der Waals surface area (Å²) in [6, 6.07) is 4.55. The summed E-state index contributed by atoms with van der Waals surface area (Å²) in [5, 5.41) is 11.7. The Bertz CT molecular complexity index is 621. The minimum absolute atomic E-state index is 0.00100. The summed E-state index contributed by atoms with van der Waals surface area (Å²) >= 11 is 0. The number of carbonyl (C=O) groups is 2. The molecule has 0 radical (unpaired) electrons. The van der Waals surface area contributed by atoms with Crippen LogP contribution in [0.1, 0.15) is 18.0 Å². The second-order valence-corrected chi connectivity index (χ2v) is 5.73. The molecule has 0 spiro atoms. The van der Waals surface area contributed by atoms with E-state index in [1.54, 1.807) is 25.2 Å². The van der Waals surface area contributed by atoms with Crippen molar-refractivity contribution in [3.63, 3.8) is 0 Å². The van der Waals surface area contributed by atoms with Crippen LogP contribution in [0.15, 0.2) is 18.2 Å². The van der Waals surface area contributed by atoms with Gasteiger partial charge >= 0.3 is 0 Å². The molecule has 0 bridgehead atoms. The minimum Gasteiger partial charge on any atom is -0.493 e. The van der Waals surface area contributed by atoms with Crippen LogP contribution < -0.4 is 14.8 Å². The number of hydrogen-bond acceptors (Lipinski definition) is 6. The first-order valence-corrected chi connectivity index (χ1v) is 8.00. The van der Waals surface area contributed by atoms with E-state index in [4.69, 9.17) is 19.3 Å². The smallest absolute Gasteiger partial charge is 0.253 e. The van der Waals surface area contributed by atoms with Gasteiger partial charge in [-0.3, -0.25) is 9.59 Å². The van der Waals surface area contributed by atoms with Crippen LogP contribution in [-0.4, -0.2) is 69.0 Å². The SMILES string of the molecule is COc1ccc([C@H]2NC(=O)CO[C@@H]2C(=O)N(C)CCCO)cc1OC. The first kappa shape index (κ1) is 19.0. The summed E-state index contributed by atoms with van der Waals surface area (Å²) in [6.45, 7) is 0.231. The molecule has 8 nitrogen and oxygen atoms in total. The van der Waals surface area contributed by atoms with Gasteiger partial charge in [0.25, 0.3) is 5.91 Å². The van der Waals surface area contributed by atoms with Gasteiger partial charge in [-0.05, 0) is 24.1 Å². The topological polar surface area (TPSA) is 97.3 Å². The normalized spacial score (nSPS) is 19.9. The lowest BCUT2D eigenvalue weighted by molar-refractivity contribution is -0.154. The molecule has 0 saturated carbocycles. The van der Waals surface area contributed by atoms with Crippen LogP contribution >= 0.6 is 0 Å². The fourth-order valence-electron chi connectivity index (χ4n) is 2.71. The van der Waals surface area contributed by atoms with Crippen molar-refractivity contribution >= 4 is 11.8 Å². The van der Waals surface area contributed by atoms with Gasteiger partial charge in [-0.2, -0.15) is 0 Å². The third-order valence-electron chi connectivity index (χ3n) is 4.05. The zero-order valence-electron chi connectivity index (χ0n) is 14.7. The molecule has 2 N–H and O–H groups in total. The van der Waals surface area contributed by atoms with Crippen molar-refractivity contribution in [3.05, 3.63) is 23.8 Å². The number of methoxy groups -OCH3 is 2. The molecule has 0 aliphatic carbocycles. The monoisotopic (exact) mass is 352 g/mol. The van der Waals surface area contributed by atoms with Crippen molar-refractivity contribution in [1.29, 1.82) is 0 Å². The van der Waals surface area contributed by atoms with E-state index in [-0.39, 0.29) is 25.0 Å². The Morgan fingerprint density at radius 3 is 2.72 bits per heavy atom. The fourth-order valence-corrected chi connectivity index (χ4v) is 2.71. The van der Waals surface area contributed by atoms with Gasteiger partial charge < -0.3 is 29.5 Å².